The third kappa shape index (κ3) is 5.47. The molecule has 0 unspecified atom stereocenters. The zero-order valence-electron chi connectivity index (χ0n) is 14.7. The number of amides is 2. The number of hydrogen-bond donors (Lipinski definition) is 1. The molecule has 7 heteroatoms. The predicted molar refractivity (Wildman–Crippen MR) is 97.1 cm³/mol. The first-order valence-corrected chi connectivity index (χ1v) is 8.23. The minimum Gasteiger partial charge on any atom is -0.453 e. The first-order valence-electron chi connectivity index (χ1n) is 8.23. The van der Waals surface area contributed by atoms with Crippen LogP contribution < -0.4 is 15.0 Å². The Morgan fingerprint density at radius 1 is 1.15 bits per heavy atom. The van der Waals surface area contributed by atoms with Crippen LogP contribution in [-0.2, 0) is 4.74 Å². The van der Waals surface area contributed by atoms with Crippen LogP contribution >= 0.6 is 0 Å². The molecule has 6 nitrogen and oxygen atoms in total. The van der Waals surface area contributed by atoms with Crippen LogP contribution in [0.3, 0.4) is 0 Å². The van der Waals surface area contributed by atoms with E-state index in [1.54, 1.807) is 24.3 Å². The number of unbranched alkanes of at least 4 members (excludes halogenated alkanes) is 1. The molecule has 0 aromatic heterocycles. The maximum Gasteiger partial charge on any atom is 0.419 e. The van der Waals surface area contributed by atoms with Gasteiger partial charge in [-0.15, -0.1) is 0 Å². The Bertz CT molecular complexity index is 767. The molecule has 0 atom stereocenters. The zero-order chi connectivity index (χ0) is 18.9. The summed E-state index contributed by atoms with van der Waals surface area (Å²) in [6, 6.07) is 12.1. The normalized spacial score (nSPS) is 10.1. The molecular formula is C19H21FN2O4. The maximum atomic E-state index is 13.5. The first-order chi connectivity index (χ1) is 12.5. The number of ether oxygens (including phenoxy) is 2. The Morgan fingerprint density at radius 2 is 1.92 bits per heavy atom. The lowest BCUT2D eigenvalue weighted by atomic mass is 10.2. The highest BCUT2D eigenvalue weighted by molar-refractivity contribution is 5.89. The van der Waals surface area contributed by atoms with E-state index in [1.807, 2.05) is 6.92 Å². The van der Waals surface area contributed by atoms with Gasteiger partial charge in [-0.1, -0.05) is 25.5 Å². The van der Waals surface area contributed by atoms with Crippen LogP contribution in [0, 0.1) is 5.82 Å². The molecule has 0 aliphatic carbocycles. The number of nitrogens with zero attached hydrogens (tertiary/aromatic N) is 1. The summed E-state index contributed by atoms with van der Waals surface area (Å²) >= 11 is 0. The number of carbonyl (C=O) groups excluding carboxylic acids is 2. The molecule has 26 heavy (non-hydrogen) atoms. The SMILES string of the molecule is CCCCN(C(=O)Oc1cccc(NC(=O)OC)c1)c1cccc(F)c1. The lowest BCUT2D eigenvalue weighted by molar-refractivity contribution is 0.187. The molecular weight excluding hydrogens is 339 g/mol. The molecule has 2 amide bonds. The second kappa shape index (κ2) is 9.41. The summed E-state index contributed by atoms with van der Waals surface area (Å²) in [6.07, 6.45) is 0.366. The van der Waals surface area contributed by atoms with Crippen molar-refractivity contribution in [1.82, 2.24) is 0 Å². The molecule has 2 rings (SSSR count). The fourth-order valence-corrected chi connectivity index (χ4v) is 2.25. The predicted octanol–water partition coefficient (Wildman–Crippen LogP) is 4.81. The van der Waals surface area contributed by atoms with Crippen LogP contribution in [0.5, 0.6) is 5.75 Å². The van der Waals surface area contributed by atoms with Crippen LogP contribution in [0.1, 0.15) is 19.8 Å². The molecule has 0 saturated heterocycles. The van der Waals surface area contributed by atoms with Crippen molar-refractivity contribution in [2.24, 2.45) is 0 Å². The highest BCUT2D eigenvalue weighted by Gasteiger charge is 2.18. The van der Waals surface area contributed by atoms with E-state index in [2.05, 4.69) is 10.1 Å². The monoisotopic (exact) mass is 360 g/mol. The van der Waals surface area contributed by atoms with Crippen LogP contribution in [0.2, 0.25) is 0 Å². The van der Waals surface area contributed by atoms with Gasteiger partial charge in [-0.3, -0.25) is 10.2 Å². The number of benzene rings is 2. The quantitative estimate of drug-likeness (QED) is 0.803. The maximum absolute atomic E-state index is 13.5. The van der Waals surface area contributed by atoms with Crippen molar-refractivity contribution in [3.8, 4) is 5.75 Å². The third-order valence-electron chi connectivity index (χ3n) is 3.55. The second-order valence-corrected chi connectivity index (χ2v) is 5.50. The molecule has 0 heterocycles. The topological polar surface area (TPSA) is 67.9 Å². The van der Waals surface area contributed by atoms with Gasteiger partial charge in [-0.25, -0.2) is 14.0 Å². The van der Waals surface area contributed by atoms with Crippen molar-refractivity contribution < 1.29 is 23.5 Å². The molecule has 138 valence electrons. The Hall–Kier alpha value is -3.09. The summed E-state index contributed by atoms with van der Waals surface area (Å²) < 4.78 is 23.4. The number of nitrogens with one attached hydrogen (secondary N) is 1. The van der Waals surface area contributed by atoms with Gasteiger partial charge < -0.3 is 9.47 Å². The number of halogens is 1. The Kier molecular flexibility index (Phi) is 6.96. The molecule has 1 N–H and O–H groups in total. The third-order valence-corrected chi connectivity index (χ3v) is 3.55. The Balaban J connectivity index is 2.16. The highest BCUT2D eigenvalue weighted by atomic mass is 19.1. The van der Waals surface area contributed by atoms with Gasteiger partial charge in [0.05, 0.1) is 7.11 Å². The number of methoxy groups -OCH3 is 1. The molecule has 0 spiro atoms. The molecule has 0 radical (unpaired) electrons. The van der Waals surface area contributed by atoms with Gasteiger partial charge in [-0.05, 0) is 36.8 Å². The molecule has 0 saturated carbocycles. The Morgan fingerprint density at radius 3 is 2.62 bits per heavy atom. The van der Waals surface area contributed by atoms with E-state index in [0.29, 0.717) is 17.9 Å². The van der Waals surface area contributed by atoms with Crippen molar-refractivity contribution in [2.45, 2.75) is 19.8 Å². The van der Waals surface area contributed by atoms with E-state index in [1.165, 1.54) is 36.3 Å². The van der Waals surface area contributed by atoms with Gasteiger partial charge in [-0.2, -0.15) is 0 Å². The lowest BCUT2D eigenvalue weighted by Gasteiger charge is -2.22. The summed E-state index contributed by atoms with van der Waals surface area (Å²) in [6.45, 7) is 2.40. The Labute approximate surface area is 151 Å². The van der Waals surface area contributed by atoms with Gasteiger partial charge in [0.2, 0.25) is 0 Å². The van der Waals surface area contributed by atoms with E-state index in [-0.39, 0.29) is 5.75 Å². The zero-order valence-corrected chi connectivity index (χ0v) is 14.7. The van der Waals surface area contributed by atoms with E-state index >= 15 is 0 Å². The fourth-order valence-electron chi connectivity index (χ4n) is 2.25. The number of hydrogen-bond acceptors (Lipinski definition) is 4. The van der Waals surface area contributed by atoms with Crippen LogP contribution in [0.4, 0.5) is 25.4 Å². The van der Waals surface area contributed by atoms with Crippen molar-refractivity contribution in [3.05, 3.63) is 54.3 Å². The number of rotatable bonds is 6. The smallest absolute Gasteiger partial charge is 0.419 e. The van der Waals surface area contributed by atoms with Gasteiger partial charge in [0.1, 0.15) is 11.6 Å². The standard InChI is InChI=1S/C19H21FN2O4/c1-3-4-11-22(16-9-5-7-14(20)12-16)19(24)26-17-10-6-8-15(13-17)21-18(23)25-2/h5-10,12-13H,3-4,11H2,1-2H3,(H,21,23). The van der Waals surface area contributed by atoms with Gasteiger partial charge in [0.25, 0.3) is 0 Å². The van der Waals surface area contributed by atoms with Gasteiger partial charge >= 0.3 is 12.2 Å². The van der Waals surface area contributed by atoms with Crippen LogP contribution in [-0.4, -0.2) is 25.8 Å². The van der Waals surface area contributed by atoms with E-state index in [4.69, 9.17) is 4.74 Å². The van der Waals surface area contributed by atoms with E-state index < -0.39 is 18.0 Å². The minimum absolute atomic E-state index is 0.252. The second-order valence-electron chi connectivity index (χ2n) is 5.50. The fraction of sp³-hybridized carbons (Fsp3) is 0.263. The van der Waals surface area contributed by atoms with Crippen molar-refractivity contribution in [3.63, 3.8) is 0 Å². The molecule has 0 aliphatic heterocycles. The first kappa shape index (κ1) is 19.2. The highest BCUT2D eigenvalue weighted by Crippen LogP contribution is 2.21. The number of anilines is 2. The molecule has 2 aromatic rings. The van der Waals surface area contributed by atoms with Crippen LogP contribution in [0.25, 0.3) is 0 Å². The average Bonchev–Trinajstić information content (AvgIpc) is 2.62. The molecule has 0 bridgehead atoms. The average molecular weight is 360 g/mol. The van der Waals surface area contributed by atoms with Crippen molar-refractivity contribution in [1.29, 1.82) is 0 Å². The summed E-state index contributed by atoms with van der Waals surface area (Å²) in [4.78, 5) is 25.2. The van der Waals surface area contributed by atoms with E-state index in [0.717, 1.165) is 12.8 Å². The van der Waals surface area contributed by atoms with Gasteiger partial charge in [0, 0.05) is 24.0 Å². The number of carbonyl (C=O) groups is 2. The molecule has 0 aliphatic rings. The van der Waals surface area contributed by atoms with E-state index in [9.17, 15) is 14.0 Å². The van der Waals surface area contributed by atoms with Crippen molar-refractivity contribution in [2.75, 3.05) is 23.9 Å². The largest absolute Gasteiger partial charge is 0.453 e. The lowest BCUT2D eigenvalue weighted by Crippen LogP contribution is -2.34. The summed E-state index contributed by atoms with van der Waals surface area (Å²) in [7, 11) is 1.25. The molecule has 2 aromatic carbocycles. The molecule has 0 fully saturated rings. The minimum atomic E-state index is -0.627. The summed E-state index contributed by atoms with van der Waals surface area (Å²) in [5.41, 5.74) is 0.848. The van der Waals surface area contributed by atoms with Crippen molar-refractivity contribution >= 4 is 23.6 Å². The summed E-state index contributed by atoms with van der Waals surface area (Å²) in [5, 5.41) is 2.49. The van der Waals surface area contributed by atoms with Gasteiger partial charge in [0.15, 0.2) is 0 Å². The summed E-state index contributed by atoms with van der Waals surface area (Å²) in [5.74, 6) is -0.178. The van der Waals surface area contributed by atoms with Crippen LogP contribution in [0.15, 0.2) is 48.5 Å².